The smallest absolute Gasteiger partial charge is 0.230 e. The molecule has 4 rings (SSSR count). The summed E-state index contributed by atoms with van der Waals surface area (Å²) in [5.74, 6) is 1.94. The first kappa shape index (κ1) is 18.8. The molecule has 2 heterocycles. The Morgan fingerprint density at radius 1 is 1.32 bits per heavy atom. The highest BCUT2D eigenvalue weighted by atomic mass is 32.2. The summed E-state index contributed by atoms with van der Waals surface area (Å²) in [6.07, 6.45) is 4.84. The molecule has 1 aliphatic rings. The minimum Gasteiger partial charge on any atom is -0.469 e. The maximum Gasteiger partial charge on any atom is 0.230 e. The van der Waals surface area contributed by atoms with Gasteiger partial charge in [-0.2, -0.15) is 0 Å². The van der Waals surface area contributed by atoms with E-state index in [2.05, 4.69) is 33.7 Å². The molecule has 0 aliphatic heterocycles. The zero-order valence-electron chi connectivity index (χ0n) is 16.1. The van der Waals surface area contributed by atoms with Crippen molar-refractivity contribution in [3.05, 3.63) is 53.5 Å². The fourth-order valence-electron chi connectivity index (χ4n) is 3.77. The van der Waals surface area contributed by atoms with Gasteiger partial charge < -0.3 is 14.3 Å². The first-order chi connectivity index (χ1) is 13.7. The van der Waals surface area contributed by atoms with Crippen LogP contribution in [-0.4, -0.2) is 26.4 Å². The molecule has 7 heteroatoms. The van der Waals surface area contributed by atoms with E-state index in [-0.39, 0.29) is 11.9 Å². The van der Waals surface area contributed by atoms with Crippen LogP contribution in [0.1, 0.15) is 42.7 Å². The van der Waals surface area contributed by atoms with E-state index >= 15 is 0 Å². The van der Waals surface area contributed by atoms with Gasteiger partial charge in [0.15, 0.2) is 11.0 Å². The summed E-state index contributed by atoms with van der Waals surface area (Å²) in [5.41, 5.74) is 3.53. The summed E-state index contributed by atoms with van der Waals surface area (Å²) in [6.45, 7) is 4.69. The third-order valence-electron chi connectivity index (χ3n) is 5.17. The molecule has 1 aromatic carbocycles. The van der Waals surface area contributed by atoms with Crippen LogP contribution in [0.5, 0.6) is 0 Å². The molecule has 0 bridgehead atoms. The maximum atomic E-state index is 12.6. The SMILES string of the molecule is CCn1c(SCC(=O)N[C@H]2CCCc3ccccc32)nnc1-c1ccoc1C. The lowest BCUT2D eigenvalue weighted by molar-refractivity contribution is -0.119. The van der Waals surface area contributed by atoms with Crippen molar-refractivity contribution >= 4 is 17.7 Å². The van der Waals surface area contributed by atoms with Crippen LogP contribution in [0.2, 0.25) is 0 Å². The number of carbonyl (C=O) groups excluding carboxylic acids is 1. The largest absolute Gasteiger partial charge is 0.469 e. The second-order valence-electron chi connectivity index (χ2n) is 6.94. The number of aryl methyl sites for hydroxylation is 2. The summed E-state index contributed by atoms with van der Waals surface area (Å²) < 4.78 is 7.41. The maximum absolute atomic E-state index is 12.6. The second-order valence-corrected chi connectivity index (χ2v) is 7.88. The van der Waals surface area contributed by atoms with Gasteiger partial charge in [0.05, 0.1) is 23.6 Å². The van der Waals surface area contributed by atoms with Crippen LogP contribution in [0, 0.1) is 6.92 Å². The number of fused-ring (bicyclic) bond motifs is 1. The van der Waals surface area contributed by atoms with Crippen LogP contribution in [0.15, 0.2) is 46.2 Å². The van der Waals surface area contributed by atoms with Crippen molar-refractivity contribution in [2.75, 3.05) is 5.75 Å². The predicted molar refractivity (Wildman–Crippen MR) is 109 cm³/mol. The van der Waals surface area contributed by atoms with Crippen molar-refractivity contribution < 1.29 is 9.21 Å². The highest BCUT2D eigenvalue weighted by Gasteiger charge is 2.22. The van der Waals surface area contributed by atoms with Crippen LogP contribution < -0.4 is 5.32 Å². The molecule has 2 aromatic heterocycles. The van der Waals surface area contributed by atoms with Crippen LogP contribution in [0.25, 0.3) is 11.4 Å². The van der Waals surface area contributed by atoms with Crippen LogP contribution >= 0.6 is 11.8 Å². The standard InChI is InChI=1S/C21H24N4O2S/c1-3-25-20(16-11-12-27-14(16)2)23-24-21(25)28-13-19(26)22-18-10-6-8-15-7-4-5-9-17(15)18/h4-5,7,9,11-12,18H,3,6,8,10,13H2,1-2H3,(H,22,26)/t18-/m0/s1. The third kappa shape index (κ3) is 3.71. The molecule has 0 saturated heterocycles. The Balaban J connectivity index is 1.42. The van der Waals surface area contributed by atoms with Crippen LogP contribution in [0.4, 0.5) is 0 Å². The van der Waals surface area contributed by atoms with Crippen molar-refractivity contribution in [2.24, 2.45) is 0 Å². The number of nitrogens with one attached hydrogen (secondary N) is 1. The average Bonchev–Trinajstić information content (AvgIpc) is 3.31. The van der Waals surface area contributed by atoms with E-state index in [9.17, 15) is 4.79 Å². The quantitative estimate of drug-likeness (QED) is 0.634. The van der Waals surface area contributed by atoms with Gasteiger partial charge in [0.1, 0.15) is 5.76 Å². The molecular weight excluding hydrogens is 372 g/mol. The number of rotatable bonds is 6. The second kappa shape index (κ2) is 8.22. The predicted octanol–water partition coefficient (Wildman–Crippen LogP) is 4.15. The molecule has 28 heavy (non-hydrogen) atoms. The van der Waals surface area contributed by atoms with Gasteiger partial charge in [-0.25, -0.2) is 0 Å². The van der Waals surface area contributed by atoms with E-state index in [4.69, 9.17) is 4.42 Å². The molecule has 0 saturated carbocycles. The highest BCUT2D eigenvalue weighted by molar-refractivity contribution is 7.99. The lowest BCUT2D eigenvalue weighted by Crippen LogP contribution is -2.32. The zero-order valence-corrected chi connectivity index (χ0v) is 17.0. The van der Waals surface area contributed by atoms with E-state index in [1.54, 1.807) is 6.26 Å². The minimum atomic E-state index is 0.0263. The van der Waals surface area contributed by atoms with Gasteiger partial charge in [0, 0.05) is 6.54 Å². The Kier molecular flexibility index (Phi) is 5.52. The number of thioether (sulfide) groups is 1. The summed E-state index contributed by atoms with van der Waals surface area (Å²) in [6, 6.07) is 10.4. The molecule has 0 fully saturated rings. The molecular formula is C21H24N4O2S. The van der Waals surface area contributed by atoms with Gasteiger partial charge in [0.2, 0.25) is 5.91 Å². The van der Waals surface area contributed by atoms with E-state index < -0.39 is 0 Å². The first-order valence-electron chi connectivity index (χ1n) is 9.65. The molecule has 0 spiro atoms. The number of furan rings is 1. The first-order valence-corrected chi connectivity index (χ1v) is 10.6. The van der Waals surface area contributed by atoms with Gasteiger partial charge in [0.25, 0.3) is 0 Å². The van der Waals surface area contributed by atoms with Gasteiger partial charge >= 0.3 is 0 Å². The van der Waals surface area contributed by atoms with Crippen molar-refractivity contribution in [1.82, 2.24) is 20.1 Å². The summed E-state index contributed by atoms with van der Waals surface area (Å²) in [4.78, 5) is 12.6. The van der Waals surface area contributed by atoms with E-state index in [1.807, 2.05) is 30.5 Å². The molecule has 1 aliphatic carbocycles. The fraction of sp³-hybridized carbons (Fsp3) is 0.381. The summed E-state index contributed by atoms with van der Waals surface area (Å²) >= 11 is 1.42. The lowest BCUT2D eigenvalue weighted by atomic mass is 9.88. The van der Waals surface area contributed by atoms with Crippen LogP contribution in [-0.2, 0) is 17.8 Å². The molecule has 146 valence electrons. The number of nitrogens with zero attached hydrogens (tertiary/aromatic N) is 3. The summed E-state index contributed by atoms with van der Waals surface area (Å²) in [5, 5.41) is 12.5. The Morgan fingerprint density at radius 2 is 2.18 bits per heavy atom. The molecule has 1 amide bonds. The number of hydrogen-bond donors (Lipinski definition) is 1. The Labute approximate surface area is 168 Å². The molecule has 3 aromatic rings. The van der Waals surface area contributed by atoms with Crippen molar-refractivity contribution in [1.29, 1.82) is 0 Å². The molecule has 0 unspecified atom stereocenters. The van der Waals surface area contributed by atoms with Gasteiger partial charge in [-0.1, -0.05) is 36.0 Å². The topological polar surface area (TPSA) is 73.0 Å². The average molecular weight is 397 g/mol. The lowest BCUT2D eigenvalue weighted by Gasteiger charge is -2.26. The minimum absolute atomic E-state index is 0.0263. The van der Waals surface area contributed by atoms with Gasteiger partial charge in [-0.15, -0.1) is 10.2 Å². The zero-order chi connectivity index (χ0) is 19.5. The number of carbonyl (C=O) groups is 1. The van der Waals surface area contributed by atoms with Gasteiger partial charge in [-0.3, -0.25) is 4.79 Å². The van der Waals surface area contributed by atoms with Crippen molar-refractivity contribution in [3.63, 3.8) is 0 Å². The Morgan fingerprint density at radius 3 is 2.96 bits per heavy atom. The third-order valence-corrected chi connectivity index (χ3v) is 6.14. The molecule has 1 N–H and O–H groups in total. The molecule has 0 radical (unpaired) electrons. The van der Waals surface area contributed by atoms with Gasteiger partial charge in [-0.05, 0) is 50.3 Å². The summed E-state index contributed by atoms with van der Waals surface area (Å²) in [7, 11) is 0. The number of hydrogen-bond acceptors (Lipinski definition) is 5. The van der Waals surface area contributed by atoms with Crippen LogP contribution in [0.3, 0.4) is 0 Å². The van der Waals surface area contributed by atoms with E-state index in [0.717, 1.165) is 48.1 Å². The van der Waals surface area contributed by atoms with Crippen molar-refractivity contribution in [3.8, 4) is 11.4 Å². The normalized spacial score (nSPS) is 16.0. The number of benzene rings is 1. The number of aromatic nitrogens is 3. The molecule has 6 nitrogen and oxygen atoms in total. The van der Waals surface area contributed by atoms with E-state index in [1.165, 1.54) is 22.9 Å². The Hall–Kier alpha value is -2.54. The fourth-order valence-corrected chi connectivity index (χ4v) is 4.58. The van der Waals surface area contributed by atoms with Crippen molar-refractivity contribution in [2.45, 2.75) is 50.9 Å². The number of amides is 1. The molecule has 1 atom stereocenters. The Bertz CT molecular complexity index is 978. The monoisotopic (exact) mass is 396 g/mol. The highest BCUT2D eigenvalue weighted by Crippen LogP contribution is 2.30. The van der Waals surface area contributed by atoms with E-state index in [0.29, 0.717) is 5.75 Å².